The largest absolute Gasteiger partial charge is 0.376 e. The Morgan fingerprint density at radius 3 is 2.68 bits per heavy atom. The lowest BCUT2D eigenvalue weighted by molar-refractivity contribution is 0.151. The van der Waals surface area contributed by atoms with Crippen molar-refractivity contribution < 1.29 is 0 Å². The summed E-state index contributed by atoms with van der Waals surface area (Å²) < 4.78 is 0. The van der Waals surface area contributed by atoms with Crippen molar-refractivity contribution >= 4 is 40.2 Å². The molecule has 1 aliphatic heterocycles. The highest BCUT2D eigenvalue weighted by Gasteiger charge is 2.17. The van der Waals surface area contributed by atoms with E-state index in [0.717, 1.165) is 25.1 Å². The first-order chi connectivity index (χ1) is 12.1. The zero-order valence-corrected chi connectivity index (χ0v) is 16.9. The smallest absolute Gasteiger partial charge is 0.0638 e. The van der Waals surface area contributed by atoms with E-state index in [1.165, 1.54) is 31.1 Å². The van der Waals surface area contributed by atoms with Crippen molar-refractivity contribution in [2.45, 2.75) is 18.9 Å². The van der Waals surface area contributed by atoms with E-state index >= 15 is 0 Å². The summed E-state index contributed by atoms with van der Waals surface area (Å²) in [5, 5.41) is 7.15. The number of piperazine rings is 1. The molecule has 1 fully saturated rings. The van der Waals surface area contributed by atoms with E-state index in [0.29, 0.717) is 10.0 Å². The van der Waals surface area contributed by atoms with Crippen LogP contribution < -0.4 is 5.32 Å². The van der Waals surface area contributed by atoms with Crippen LogP contribution in [0.5, 0.6) is 0 Å². The summed E-state index contributed by atoms with van der Waals surface area (Å²) >= 11 is 14.3. The topological polar surface area (TPSA) is 18.5 Å². The molecule has 25 heavy (non-hydrogen) atoms. The Morgan fingerprint density at radius 1 is 1.16 bits per heavy atom. The van der Waals surface area contributed by atoms with Gasteiger partial charge in [-0.2, -0.15) is 0 Å². The molecule has 1 saturated heterocycles. The van der Waals surface area contributed by atoms with Crippen molar-refractivity contribution in [1.29, 1.82) is 0 Å². The van der Waals surface area contributed by atoms with Crippen molar-refractivity contribution in [3.05, 3.63) is 50.6 Å². The summed E-state index contributed by atoms with van der Waals surface area (Å²) in [6.07, 6.45) is 2.24. The zero-order valence-electron chi connectivity index (χ0n) is 14.5. The van der Waals surface area contributed by atoms with Crippen LogP contribution in [0, 0.1) is 0 Å². The average Bonchev–Trinajstić information content (AvgIpc) is 3.13. The number of nitrogens with zero attached hydrogens (tertiary/aromatic N) is 2. The molecule has 1 aliphatic rings. The standard InChI is InChI=1S/C19H25Cl2N3S/c1-23-9-11-24(12-10-23)8-2-4-17(19-5-3-13-25-19)22-18-14-15(20)6-7-16(18)21/h3,5-7,13-14,17,22H,2,4,8-12H2,1H3. The molecule has 3 nitrogen and oxygen atoms in total. The predicted octanol–water partition coefficient (Wildman–Crippen LogP) is 5.24. The first-order valence-corrected chi connectivity index (χ1v) is 10.4. The van der Waals surface area contributed by atoms with Gasteiger partial charge in [0.15, 0.2) is 0 Å². The van der Waals surface area contributed by atoms with Crippen LogP contribution in [0.3, 0.4) is 0 Å². The van der Waals surface area contributed by atoms with Crippen LogP contribution in [0.15, 0.2) is 35.7 Å². The molecule has 1 N–H and O–H groups in total. The summed E-state index contributed by atoms with van der Waals surface area (Å²) in [5.74, 6) is 0. The van der Waals surface area contributed by atoms with Gasteiger partial charge in [-0.15, -0.1) is 11.3 Å². The first kappa shape index (κ1) is 19.0. The number of hydrogen-bond donors (Lipinski definition) is 1. The molecule has 136 valence electrons. The molecule has 0 saturated carbocycles. The highest BCUT2D eigenvalue weighted by Crippen LogP contribution is 2.32. The van der Waals surface area contributed by atoms with Crippen LogP contribution in [0.4, 0.5) is 5.69 Å². The van der Waals surface area contributed by atoms with Gasteiger partial charge in [0.25, 0.3) is 0 Å². The van der Waals surface area contributed by atoms with Crippen LogP contribution in [0.2, 0.25) is 10.0 Å². The van der Waals surface area contributed by atoms with Crippen molar-refractivity contribution in [3.8, 4) is 0 Å². The predicted molar refractivity (Wildman–Crippen MR) is 110 cm³/mol. The van der Waals surface area contributed by atoms with Crippen molar-refractivity contribution in [2.75, 3.05) is 45.1 Å². The summed E-state index contributed by atoms with van der Waals surface area (Å²) in [4.78, 5) is 6.31. The summed E-state index contributed by atoms with van der Waals surface area (Å²) in [6, 6.07) is 10.1. The Bertz CT molecular complexity index is 655. The van der Waals surface area contributed by atoms with Gasteiger partial charge in [0, 0.05) is 36.1 Å². The minimum atomic E-state index is 0.267. The van der Waals surface area contributed by atoms with Gasteiger partial charge in [-0.25, -0.2) is 0 Å². The van der Waals surface area contributed by atoms with Gasteiger partial charge in [0.1, 0.15) is 0 Å². The second kappa shape index (κ2) is 9.24. The Morgan fingerprint density at radius 2 is 1.96 bits per heavy atom. The zero-order chi connectivity index (χ0) is 17.6. The molecule has 2 heterocycles. The number of halogens is 2. The fourth-order valence-corrected chi connectivity index (χ4v) is 4.32. The van der Waals surface area contributed by atoms with Gasteiger partial charge in [-0.3, -0.25) is 0 Å². The number of hydrogen-bond acceptors (Lipinski definition) is 4. The van der Waals surface area contributed by atoms with Gasteiger partial charge in [0.05, 0.1) is 16.8 Å². The maximum Gasteiger partial charge on any atom is 0.0638 e. The molecule has 2 aromatic rings. The summed E-state index contributed by atoms with van der Waals surface area (Å²) in [5.41, 5.74) is 0.909. The molecule has 0 amide bonds. The van der Waals surface area contributed by atoms with Crippen LogP contribution >= 0.6 is 34.5 Å². The van der Waals surface area contributed by atoms with Gasteiger partial charge in [0.2, 0.25) is 0 Å². The van der Waals surface area contributed by atoms with Gasteiger partial charge in [-0.05, 0) is 56.1 Å². The Labute approximate surface area is 164 Å². The molecule has 1 aromatic heterocycles. The lowest BCUT2D eigenvalue weighted by Gasteiger charge is -2.32. The average molecular weight is 398 g/mol. The van der Waals surface area contributed by atoms with Crippen molar-refractivity contribution in [2.24, 2.45) is 0 Å². The second-order valence-corrected chi connectivity index (χ2v) is 8.45. The first-order valence-electron chi connectivity index (χ1n) is 8.78. The summed E-state index contributed by atoms with van der Waals surface area (Å²) in [6.45, 7) is 5.84. The van der Waals surface area contributed by atoms with E-state index in [9.17, 15) is 0 Å². The third kappa shape index (κ3) is 5.60. The third-order valence-corrected chi connectivity index (χ3v) is 6.26. The number of anilines is 1. The Kier molecular flexibility index (Phi) is 7.02. The SMILES string of the molecule is CN1CCN(CCCC(Nc2cc(Cl)ccc2Cl)c2cccs2)CC1. The van der Waals surface area contributed by atoms with E-state index in [-0.39, 0.29) is 6.04 Å². The molecule has 1 aromatic carbocycles. The molecule has 0 spiro atoms. The minimum Gasteiger partial charge on any atom is -0.376 e. The van der Waals surface area contributed by atoms with Crippen LogP contribution in [-0.2, 0) is 0 Å². The molecule has 1 unspecified atom stereocenters. The monoisotopic (exact) mass is 397 g/mol. The fraction of sp³-hybridized carbons (Fsp3) is 0.474. The molecule has 0 bridgehead atoms. The third-order valence-electron chi connectivity index (χ3n) is 4.71. The van der Waals surface area contributed by atoms with E-state index in [2.05, 4.69) is 39.7 Å². The van der Waals surface area contributed by atoms with Gasteiger partial charge in [-0.1, -0.05) is 29.3 Å². The minimum absolute atomic E-state index is 0.267. The van der Waals surface area contributed by atoms with Crippen LogP contribution in [0.25, 0.3) is 0 Å². The molecular weight excluding hydrogens is 373 g/mol. The quantitative estimate of drug-likeness (QED) is 0.689. The molecule has 6 heteroatoms. The number of benzene rings is 1. The number of rotatable bonds is 7. The highest BCUT2D eigenvalue weighted by molar-refractivity contribution is 7.10. The summed E-state index contributed by atoms with van der Waals surface area (Å²) in [7, 11) is 2.20. The highest BCUT2D eigenvalue weighted by atomic mass is 35.5. The van der Waals surface area contributed by atoms with E-state index in [1.807, 2.05) is 18.2 Å². The number of likely N-dealkylation sites (N-methyl/N-ethyl adjacent to an activating group) is 1. The van der Waals surface area contributed by atoms with E-state index < -0.39 is 0 Å². The Balaban J connectivity index is 1.59. The van der Waals surface area contributed by atoms with Crippen LogP contribution in [-0.4, -0.2) is 49.6 Å². The molecule has 3 rings (SSSR count). The van der Waals surface area contributed by atoms with Crippen molar-refractivity contribution in [3.63, 3.8) is 0 Å². The maximum absolute atomic E-state index is 6.34. The number of thiophene rings is 1. The molecular formula is C19H25Cl2N3S. The second-order valence-electron chi connectivity index (χ2n) is 6.62. The van der Waals surface area contributed by atoms with Crippen molar-refractivity contribution in [1.82, 2.24) is 9.80 Å². The Hall–Kier alpha value is -0.780. The van der Waals surface area contributed by atoms with Gasteiger partial charge >= 0.3 is 0 Å². The molecule has 0 radical (unpaired) electrons. The number of nitrogens with one attached hydrogen (secondary N) is 1. The van der Waals surface area contributed by atoms with Gasteiger partial charge < -0.3 is 15.1 Å². The van der Waals surface area contributed by atoms with E-state index in [1.54, 1.807) is 11.3 Å². The normalized spacial score (nSPS) is 17.6. The lowest BCUT2D eigenvalue weighted by Crippen LogP contribution is -2.44. The van der Waals surface area contributed by atoms with E-state index in [4.69, 9.17) is 23.2 Å². The maximum atomic E-state index is 6.34. The lowest BCUT2D eigenvalue weighted by atomic mass is 10.1. The molecule has 0 aliphatic carbocycles. The fourth-order valence-electron chi connectivity index (χ4n) is 3.16. The van der Waals surface area contributed by atoms with Crippen LogP contribution in [0.1, 0.15) is 23.8 Å². The molecule has 1 atom stereocenters.